The van der Waals surface area contributed by atoms with Gasteiger partial charge in [-0.05, 0) is 19.3 Å². The molecule has 3 N–H and O–H groups in total. The highest BCUT2D eigenvalue weighted by molar-refractivity contribution is 7.15. The van der Waals surface area contributed by atoms with Crippen molar-refractivity contribution in [3.63, 3.8) is 0 Å². The Kier molecular flexibility index (Phi) is 4.72. The molecule has 1 aliphatic heterocycles. The molecule has 1 aliphatic carbocycles. The topological polar surface area (TPSA) is 80.5 Å². The van der Waals surface area contributed by atoms with E-state index in [-0.39, 0.29) is 11.8 Å². The summed E-state index contributed by atoms with van der Waals surface area (Å²) in [6.07, 6.45) is 2.60. The molecule has 6 nitrogen and oxygen atoms in total. The third-order valence-corrected chi connectivity index (χ3v) is 5.21. The lowest BCUT2D eigenvalue weighted by Gasteiger charge is -2.26. The summed E-state index contributed by atoms with van der Waals surface area (Å²) in [6, 6.07) is 0. The Balaban J connectivity index is 1.65. The molecule has 116 valence electrons. The minimum absolute atomic E-state index is 0.0713. The Morgan fingerprint density at radius 3 is 3.05 bits per heavy atom. The van der Waals surface area contributed by atoms with E-state index in [2.05, 4.69) is 10.2 Å². The first-order valence-corrected chi connectivity index (χ1v) is 8.38. The molecule has 2 heterocycles. The summed E-state index contributed by atoms with van der Waals surface area (Å²) in [4.78, 5) is 20.4. The highest BCUT2D eigenvalue weighted by atomic mass is 32.1. The number of ether oxygens (including phenoxy) is 1. The number of carbonyl (C=O) groups is 1. The number of carbonyl (C=O) groups excluding carboxylic acids is 1. The standard InChI is InChI=1S/C14H22N4O2S/c15-3-4-16-13(19)10-1-2-11-12(9-10)21-14(17-11)18-5-7-20-8-6-18/h10H,1-9,15H2,(H,16,19). The summed E-state index contributed by atoms with van der Waals surface area (Å²) in [6.45, 7) is 4.41. The first-order chi connectivity index (χ1) is 10.3. The van der Waals surface area contributed by atoms with Crippen molar-refractivity contribution in [2.75, 3.05) is 44.3 Å². The monoisotopic (exact) mass is 310 g/mol. The fourth-order valence-electron chi connectivity index (χ4n) is 2.81. The molecule has 0 spiro atoms. The maximum absolute atomic E-state index is 12.1. The van der Waals surface area contributed by atoms with E-state index in [1.165, 1.54) is 10.6 Å². The van der Waals surface area contributed by atoms with Crippen LogP contribution in [0.4, 0.5) is 5.13 Å². The van der Waals surface area contributed by atoms with Crippen molar-refractivity contribution in [1.29, 1.82) is 0 Å². The van der Waals surface area contributed by atoms with Gasteiger partial charge in [0.1, 0.15) is 0 Å². The summed E-state index contributed by atoms with van der Waals surface area (Å²) in [5.41, 5.74) is 6.62. The largest absolute Gasteiger partial charge is 0.378 e. The molecule has 1 atom stereocenters. The zero-order valence-electron chi connectivity index (χ0n) is 12.1. The maximum atomic E-state index is 12.1. The van der Waals surface area contributed by atoms with Crippen LogP contribution in [0.25, 0.3) is 0 Å². The lowest BCUT2D eigenvalue weighted by atomic mass is 9.90. The van der Waals surface area contributed by atoms with E-state index in [0.29, 0.717) is 13.1 Å². The number of fused-ring (bicyclic) bond motifs is 1. The third-order valence-electron chi connectivity index (χ3n) is 4.02. The molecule has 1 saturated heterocycles. The van der Waals surface area contributed by atoms with Gasteiger partial charge in [0.25, 0.3) is 0 Å². The van der Waals surface area contributed by atoms with Crippen LogP contribution in [0.2, 0.25) is 0 Å². The maximum Gasteiger partial charge on any atom is 0.223 e. The minimum atomic E-state index is 0.0713. The normalized spacial score (nSPS) is 22.0. The number of hydrogen-bond acceptors (Lipinski definition) is 6. The molecule has 3 rings (SSSR count). The van der Waals surface area contributed by atoms with E-state index in [1.54, 1.807) is 11.3 Å². The lowest BCUT2D eigenvalue weighted by Crippen LogP contribution is -2.36. The van der Waals surface area contributed by atoms with Crippen LogP contribution >= 0.6 is 11.3 Å². The van der Waals surface area contributed by atoms with Crippen molar-refractivity contribution < 1.29 is 9.53 Å². The lowest BCUT2D eigenvalue weighted by molar-refractivity contribution is -0.125. The van der Waals surface area contributed by atoms with E-state index in [9.17, 15) is 4.79 Å². The van der Waals surface area contributed by atoms with Crippen LogP contribution in [0.3, 0.4) is 0 Å². The number of thiazole rings is 1. The Bertz CT molecular complexity index is 499. The van der Waals surface area contributed by atoms with E-state index >= 15 is 0 Å². The zero-order valence-corrected chi connectivity index (χ0v) is 13.0. The molecule has 1 aromatic heterocycles. The molecule has 0 saturated carbocycles. The van der Waals surface area contributed by atoms with Crippen LogP contribution in [-0.4, -0.2) is 50.3 Å². The molecule has 1 unspecified atom stereocenters. The van der Waals surface area contributed by atoms with Crippen molar-refractivity contribution in [1.82, 2.24) is 10.3 Å². The van der Waals surface area contributed by atoms with Crippen molar-refractivity contribution in [3.8, 4) is 0 Å². The van der Waals surface area contributed by atoms with Gasteiger partial charge in [-0.2, -0.15) is 0 Å². The predicted molar refractivity (Wildman–Crippen MR) is 82.7 cm³/mol. The van der Waals surface area contributed by atoms with Gasteiger partial charge in [0.05, 0.1) is 18.9 Å². The van der Waals surface area contributed by atoms with Gasteiger partial charge in [-0.3, -0.25) is 4.79 Å². The molecular weight excluding hydrogens is 288 g/mol. The number of nitrogens with zero attached hydrogens (tertiary/aromatic N) is 2. The van der Waals surface area contributed by atoms with E-state index in [0.717, 1.165) is 50.7 Å². The SMILES string of the molecule is NCCNC(=O)C1CCc2nc(N3CCOCC3)sc2C1. The van der Waals surface area contributed by atoms with Crippen LogP contribution in [0.15, 0.2) is 0 Å². The van der Waals surface area contributed by atoms with Gasteiger partial charge in [0, 0.05) is 37.0 Å². The third kappa shape index (κ3) is 3.36. The quantitative estimate of drug-likeness (QED) is 0.828. The molecule has 21 heavy (non-hydrogen) atoms. The molecule has 0 bridgehead atoms. The number of aromatic nitrogens is 1. The van der Waals surface area contributed by atoms with Crippen molar-refractivity contribution >= 4 is 22.4 Å². The Hall–Kier alpha value is -1.18. The molecule has 1 aromatic rings. The Morgan fingerprint density at radius 2 is 2.29 bits per heavy atom. The summed E-state index contributed by atoms with van der Waals surface area (Å²) in [5.74, 6) is 0.203. The van der Waals surface area contributed by atoms with E-state index in [1.807, 2.05) is 0 Å². The van der Waals surface area contributed by atoms with Gasteiger partial charge >= 0.3 is 0 Å². The number of nitrogens with one attached hydrogen (secondary N) is 1. The van der Waals surface area contributed by atoms with Gasteiger partial charge in [-0.1, -0.05) is 0 Å². The van der Waals surface area contributed by atoms with Gasteiger partial charge in [-0.15, -0.1) is 11.3 Å². The first kappa shape index (κ1) is 14.7. The number of aryl methyl sites for hydroxylation is 1. The zero-order chi connectivity index (χ0) is 14.7. The second kappa shape index (κ2) is 6.72. The molecular formula is C14H22N4O2S. The minimum Gasteiger partial charge on any atom is -0.378 e. The van der Waals surface area contributed by atoms with Crippen LogP contribution in [0, 0.1) is 5.92 Å². The average Bonchev–Trinajstić information content (AvgIpc) is 2.96. The molecule has 0 radical (unpaired) electrons. The fraction of sp³-hybridized carbons (Fsp3) is 0.714. The number of anilines is 1. The molecule has 1 fully saturated rings. The summed E-state index contributed by atoms with van der Waals surface area (Å²) in [5, 5.41) is 3.99. The summed E-state index contributed by atoms with van der Waals surface area (Å²) >= 11 is 1.74. The van der Waals surface area contributed by atoms with Gasteiger partial charge < -0.3 is 20.7 Å². The summed E-state index contributed by atoms with van der Waals surface area (Å²) in [7, 11) is 0. The number of amides is 1. The van der Waals surface area contributed by atoms with E-state index in [4.69, 9.17) is 15.5 Å². The smallest absolute Gasteiger partial charge is 0.223 e. The second-order valence-electron chi connectivity index (χ2n) is 5.49. The number of rotatable bonds is 4. The number of nitrogens with two attached hydrogens (primary N) is 1. The highest BCUT2D eigenvalue weighted by Gasteiger charge is 2.28. The van der Waals surface area contributed by atoms with Gasteiger partial charge in [-0.25, -0.2) is 4.98 Å². The fourth-order valence-corrected chi connectivity index (χ4v) is 4.05. The summed E-state index contributed by atoms with van der Waals surface area (Å²) < 4.78 is 5.38. The molecule has 7 heteroatoms. The van der Waals surface area contributed by atoms with Crippen molar-refractivity contribution in [2.45, 2.75) is 19.3 Å². The second-order valence-corrected chi connectivity index (χ2v) is 6.55. The number of morpholine rings is 1. The predicted octanol–water partition coefficient (Wildman–Crippen LogP) is 0.159. The van der Waals surface area contributed by atoms with Crippen LogP contribution in [0.5, 0.6) is 0 Å². The van der Waals surface area contributed by atoms with Crippen molar-refractivity contribution in [3.05, 3.63) is 10.6 Å². The molecule has 0 aromatic carbocycles. The molecule has 2 aliphatic rings. The van der Waals surface area contributed by atoms with Gasteiger partial charge in [0.2, 0.25) is 5.91 Å². The Labute approximate surface area is 128 Å². The van der Waals surface area contributed by atoms with Crippen LogP contribution < -0.4 is 16.0 Å². The van der Waals surface area contributed by atoms with E-state index < -0.39 is 0 Å². The van der Waals surface area contributed by atoms with Crippen LogP contribution in [-0.2, 0) is 22.4 Å². The highest BCUT2D eigenvalue weighted by Crippen LogP contribution is 2.34. The Morgan fingerprint density at radius 1 is 1.48 bits per heavy atom. The van der Waals surface area contributed by atoms with Crippen molar-refractivity contribution in [2.24, 2.45) is 11.7 Å². The number of hydrogen-bond donors (Lipinski definition) is 2. The average molecular weight is 310 g/mol. The van der Waals surface area contributed by atoms with Gasteiger partial charge in [0.15, 0.2) is 5.13 Å². The van der Waals surface area contributed by atoms with Crippen LogP contribution in [0.1, 0.15) is 17.0 Å². The first-order valence-electron chi connectivity index (χ1n) is 7.57. The molecule has 1 amide bonds.